The van der Waals surface area contributed by atoms with E-state index >= 15 is 0 Å². The van der Waals surface area contributed by atoms with Gasteiger partial charge in [-0.25, -0.2) is 0 Å². The molecule has 100 valence electrons. The quantitative estimate of drug-likeness (QED) is 0.714. The van der Waals surface area contributed by atoms with E-state index in [-0.39, 0.29) is 0 Å². The van der Waals surface area contributed by atoms with Crippen LogP contribution in [0.25, 0.3) is 0 Å². The Hall–Kier alpha value is -1.02. The molecule has 1 aliphatic rings. The fourth-order valence-electron chi connectivity index (χ4n) is 2.47. The van der Waals surface area contributed by atoms with Gasteiger partial charge in [0.05, 0.1) is 18.8 Å². The molecule has 1 aliphatic heterocycles. The molecular formula is C16H24O2. The molecule has 2 unspecified atom stereocenters. The molecular weight excluding hydrogens is 224 g/mol. The highest BCUT2D eigenvalue weighted by Crippen LogP contribution is 2.31. The van der Waals surface area contributed by atoms with Crippen LogP contribution in [-0.4, -0.2) is 18.8 Å². The molecule has 1 aromatic rings. The predicted molar refractivity (Wildman–Crippen MR) is 74.4 cm³/mol. The zero-order valence-electron chi connectivity index (χ0n) is 12.0. The van der Waals surface area contributed by atoms with Crippen molar-refractivity contribution in [2.45, 2.75) is 59.2 Å². The lowest BCUT2D eigenvalue weighted by atomic mass is 10.0. The van der Waals surface area contributed by atoms with Crippen LogP contribution in [0.2, 0.25) is 0 Å². The van der Waals surface area contributed by atoms with Crippen molar-refractivity contribution in [2.75, 3.05) is 6.61 Å². The Labute approximate surface area is 110 Å². The first-order valence-corrected chi connectivity index (χ1v) is 7.00. The van der Waals surface area contributed by atoms with Gasteiger partial charge in [0, 0.05) is 0 Å². The van der Waals surface area contributed by atoms with Gasteiger partial charge in [-0.1, -0.05) is 24.6 Å². The second kappa shape index (κ2) is 5.75. The molecule has 1 saturated heterocycles. The third-order valence-corrected chi connectivity index (χ3v) is 3.48. The van der Waals surface area contributed by atoms with Crippen molar-refractivity contribution in [1.82, 2.24) is 0 Å². The van der Waals surface area contributed by atoms with Gasteiger partial charge in [0.15, 0.2) is 0 Å². The molecule has 2 nitrogen and oxygen atoms in total. The highest BCUT2D eigenvalue weighted by atomic mass is 16.6. The van der Waals surface area contributed by atoms with Gasteiger partial charge < -0.3 is 9.47 Å². The molecule has 1 aromatic carbocycles. The highest BCUT2D eigenvalue weighted by molar-refractivity contribution is 5.44. The monoisotopic (exact) mass is 248 g/mol. The summed E-state index contributed by atoms with van der Waals surface area (Å²) in [6.45, 7) is 9.37. The van der Waals surface area contributed by atoms with Crippen LogP contribution in [0.5, 0.6) is 5.75 Å². The summed E-state index contributed by atoms with van der Waals surface area (Å²) < 4.78 is 11.4. The lowest BCUT2D eigenvalue weighted by Crippen LogP contribution is -2.03. The van der Waals surface area contributed by atoms with Gasteiger partial charge in [-0.3, -0.25) is 0 Å². The number of benzene rings is 1. The van der Waals surface area contributed by atoms with E-state index in [1.807, 2.05) is 0 Å². The molecule has 1 fully saturated rings. The van der Waals surface area contributed by atoms with Crippen molar-refractivity contribution in [3.8, 4) is 5.75 Å². The van der Waals surface area contributed by atoms with Crippen molar-refractivity contribution in [2.24, 2.45) is 0 Å². The maximum Gasteiger partial charge on any atom is 0.125 e. The van der Waals surface area contributed by atoms with E-state index in [1.54, 1.807) is 0 Å². The van der Waals surface area contributed by atoms with E-state index in [0.29, 0.717) is 12.2 Å². The molecule has 0 radical (unpaired) electrons. The minimum atomic E-state index is 0.455. The summed E-state index contributed by atoms with van der Waals surface area (Å²) in [5.74, 6) is 1.09. The normalized spacial score (nSPS) is 22.0. The van der Waals surface area contributed by atoms with Crippen LogP contribution in [0.3, 0.4) is 0 Å². The van der Waals surface area contributed by atoms with Crippen LogP contribution in [0.1, 0.15) is 43.4 Å². The Kier molecular flexibility index (Phi) is 4.28. The number of hydrogen-bond acceptors (Lipinski definition) is 2. The minimum Gasteiger partial charge on any atom is -0.493 e. The highest BCUT2D eigenvalue weighted by Gasteiger charge is 2.33. The topological polar surface area (TPSA) is 21.8 Å². The smallest absolute Gasteiger partial charge is 0.125 e. The second-order valence-electron chi connectivity index (χ2n) is 5.34. The average molecular weight is 248 g/mol. The lowest BCUT2D eigenvalue weighted by Gasteiger charge is -2.14. The third-order valence-electron chi connectivity index (χ3n) is 3.48. The van der Waals surface area contributed by atoms with Gasteiger partial charge >= 0.3 is 0 Å². The van der Waals surface area contributed by atoms with Crippen molar-refractivity contribution in [3.63, 3.8) is 0 Å². The van der Waals surface area contributed by atoms with Gasteiger partial charge in [0.1, 0.15) is 5.75 Å². The summed E-state index contributed by atoms with van der Waals surface area (Å²) in [5, 5.41) is 0. The molecule has 0 bridgehead atoms. The number of epoxide rings is 1. The zero-order valence-corrected chi connectivity index (χ0v) is 12.0. The minimum absolute atomic E-state index is 0.455. The van der Waals surface area contributed by atoms with Crippen LogP contribution in [0.15, 0.2) is 12.1 Å². The molecule has 0 amide bonds. The molecule has 0 N–H and O–H groups in total. The summed E-state index contributed by atoms with van der Waals surface area (Å²) in [7, 11) is 0. The Balaban J connectivity index is 2.09. The van der Waals surface area contributed by atoms with Crippen LogP contribution >= 0.6 is 0 Å². The molecule has 0 aromatic heterocycles. The van der Waals surface area contributed by atoms with E-state index < -0.39 is 0 Å². The van der Waals surface area contributed by atoms with E-state index in [9.17, 15) is 0 Å². The van der Waals surface area contributed by atoms with Gasteiger partial charge in [0.25, 0.3) is 0 Å². The summed E-state index contributed by atoms with van der Waals surface area (Å²) in [6, 6.07) is 4.45. The molecule has 2 atom stereocenters. The Bertz CT molecular complexity index is 412. The van der Waals surface area contributed by atoms with Gasteiger partial charge in [-0.2, -0.15) is 0 Å². The van der Waals surface area contributed by atoms with Crippen LogP contribution in [0.4, 0.5) is 0 Å². The first kappa shape index (κ1) is 13.4. The SMILES string of the molecule is CCCOc1c(C)cc(C)cc1CCC1OC1C. The summed E-state index contributed by atoms with van der Waals surface area (Å²) in [5.41, 5.74) is 3.91. The Morgan fingerprint density at radius 1 is 1.28 bits per heavy atom. The van der Waals surface area contributed by atoms with Gasteiger partial charge in [0.2, 0.25) is 0 Å². The molecule has 1 heterocycles. The molecule has 0 aliphatic carbocycles. The van der Waals surface area contributed by atoms with Crippen molar-refractivity contribution < 1.29 is 9.47 Å². The summed E-state index contributed by atoms with van der Waals surface area (Å²) in [4.78, 5) is 0. The van der Waals surface area contributed by atoms with Crippen LogP contribution in [-0.2, 0) is 11.2 Å². The zero-order chi connectivity index (χ0) is 13.1. The number of ether oxygens (including phenoxy) is 2. The number of hydrogen-bond donors (Lipinski definition) is 0. The van der Waals surface area contributed by atoms with Crippen LogP contribution < -0.4 is 4.74 Å². The van der Waals surface area contributed by atoms with Crippen molar-refractivity contribution in [1.29, 1.82) is 0 Å². The van der Waals surface area contributed by atoms with Gasteiger partial charge in [-0.15, -0.1) is 0 Å². The molecule has 2 rings (SSSR count). The van der Waals surface area contributed by atoms with E-state index in [1.165, 1.54) is 16.7 Å². The summed E-state index contributed by atoms with van der Waals surface area (Å²) >= 11 is 0. The Morgan fingerprint density at radius 3 is 2.61 bits per heavy atom. The van der Waals surface area contributed by atoms with Crippen molar-refractivity contribution in [3.05, 3.63) is 28.8 Å². The second-order valence-corrected chi connectivity index (χ2v) is 5.34. The van der Waals surface area contributed by atoms with Crippen molar-refractivity contribution >= 4 is 0 Å². The average Bonchev–Trinajstić information content (AvgIpc) is 3.01. The number of aryl methyl sites for hydroxylation is 3. The maximum atomic E-state index is 5.91. The lowest BCUT2D eigenvalue weighted by molar-refractivity contribution is 0.310. The number of rotatable bonds is 6. The Morgan fingerprint density at radius 2 is 2.00 bits per heavy atom. The molecule has 0 spiro atoms. The van der Waals surface area contributed by atoms with E-state index in [4.69, 9.17) is 9.47 Å². The molecule has 2 heteroatoms. The standard InChI is InChI=1S/C16H24O2/c1-5-8-17-16-12(3)9-11(2)10-14(16)6-7-15-13(4)18-15/h9-10,13,15H,5-8H2,1-4H3. The fraction of sp³-hybridized carbons (Fsp3) is 0.625. The van der Waals surface area contributed by atoms with E-state index in [2.05, 4.69) is 39.8 Å². The molecule has 18 heavy (non-hydrogen) atoms. The van der Waals surface area contributed by atoms with Gasteiger partial charge in [-0.05, 0) is 51.2 Å². The first-order valence-electron chi connectivity index (χ1n) is 7.00. The fourth-order valence-corrected chi connectivity index (χ4v) is 2.47. The molecule has 0 saturated carbocycles. The largest absolute Gasteiger partial charge is 0.493 e. The first-order chi connectivity index (χ1) is 8.61. The third kappa shape index (κ3) is 3.26. The maximum absolute atomic E-state index is 5.91. The summed E-state index contributed by atoms with van der Waals surface area (Å²) in [6.07, 6.45) is 4.12. The van der Waals surface area contributed by atoms with Crippen LogP contribution in [0, 0.1) is 13.8 Å². The van der Waals surface area contributed by atoms with E-state index in [0.717, 1.165) is 31.6 Å². The predicted octanol–water partition coefficient (Wildman–Crippen LogP) is 3.81.